The first-order valence-electron chi connectivity index (χ1n) is 9.05. The van der Waals surface area contributed by atoms with Gasteiger partial charge in [0, 0.05) is 12.6 Å². The van der Waals surface area contributed by atoms with Crippen molar-refractivity contribution in [2.75, 3.05) is 26.8 Å². The van der Waals surface area contributed by atoms with E-state index in [1.165, 1.54) is 5.56 Å². The molecule has 0 aromatic heterocycles. The number of hydrogen-bond acceptors (Lipinski definition) is 4. The maximum Gasteiger partial charge on any atom is 0.119 e. The summed E-state index contributed by atoms with van der Waals surface area (Å²) < 4.78 is 5.29. The van der Waals surface area contributed by atoms with E-state index in [1.807, 2.05) is 24.3 Å². The molecule has 134 valence electrons. The smallest absolute Gasteiger partial charge is 0.119 e. The van der Waals surface area contributed by atoms with Gasteiger partial charge in [0.2, 0.25) is 0 Å². The number of likely N-dealkylation sites (tertiary alicyclic amines) is 1. The molecule has 2 N–H and O–H groups in total. The van der Waals surface area contributed by atoms with Gasteiger partial charge in [0.15, 0.2) is 0 Å². The van der Waals surface area contributed by atoms with E-state index in [4.69, 9.17) is 4.74 Å². The number of piperidine rings is 1. The highest BCUT2D eigenvalue weighted by atomic mass is 16.5. The largest absolute Gasteiger partial charge is 0.497 e. The van der Waals surface area contributed by atoms with Crippen LogP contribution in [0.2, 0.25) is 0 Å². The lowest BCUT2D eigenvalue weighted by Crippen LogP contribution is -2.44. The Morgan fingerprint density at radius 1 is 1.12 bits per heavy atom. The number of ether oxygens (including phenoxy) is 1. The molecule has 2 aromatic carbocycles. The Kier molecular flexibility index (Phi) is 6.45. The van der Waals surface area contributed by atoms with Crippen molar-refractivity contribution in [2.45, 2.75) is 31.5 Å². The van der Waals surface area contributed by atoms with Gasteiger partial charge in [0.05, 0.1) is 19.8 Å². The van der Waals surface area contributed by atoms with Crippen LogP contribution in [0, 0.1) is 0 Å². The van der Waals surface area contributed by atoms with E-state index in [1.54, 1.807) is 7.11 Å². The van der Waals surface area contributed by atoms with Gasteiger partial charge < -0.3 is 15.2 Å². The Balaban J connectivity index is 1.52. The molecule has 0 saturated carbocycles. The van der Waals surface area contributed by atoms with Crippen molar-refractivity contribution in [3.63, 3.8) is 0 Å². The predicted molar refractivity (Wildman–Crippen MR) is 101 cm³/mol. The molecule has 1 heterocycles. The lowest BCUT2D eigenvalue weighted by Gasteiger charge is -2.34. The molecular weight excluding hydrogens is 312 g/mol. The Labute approximate surface area is 150 Å². The van der Waals surface area contributed by atoms with E-state index >= 15 is 0 Å². The molecule has 25 heavy (non-hydrogen) atoms. The topological polar surface area (TPSA) is 44.7 Å². The second kappa shape index (κ2) is 8.99. The van der Waals surface area contributed by atoms with Crippen molar-refractivity contribution in [3.8, 4) is 5.75 Å². The van der Waals surface area contributed by atoms with Crippen LogP contribution in [-0.2, 0) is 6.54 Å². The fraction of sp³-hybridized carbons (Fsp3) is 0.429. The second-order valence-corrected chi connectivity index (χ2v) is 6.71. The third-order valence-corrected chi connectivity index (χ3v) is 4.95. The van der Waals surface area contributed by atoms with E-state index < -0.39 is 0 Å². The zero-order chi connectivity index (χ0) is 17.5. The Hall–Kier alpha value is -1.88. The Morgan fingerprint density at radius 3 is 2.56 bits per heavy atom. The van der Waals surface area contributed by atoms with Gasteiger partial charge in [-0.3, -0.25) is 4.90 Å². The van der Waals surface area contributed by atoms with Gasteiger partial charge in [-0.25, -0.2) is 0 Å². The van der Waals surface area contributed by atoms with Gasteiger partial charge in [-0.05, 0) is 49.2 Å². The summed E-state index contributed by atoms with van der Waals surface area (Å²) >= 11 is 0. The summed E-state index contributed by atoms with van der Waals surface area (Å²) in [5, 5.41) is 13.4. The van der Waals surface area contributed by atoms with Crippen LogP contribution >= 0.6 is 0 Å². The fourth-order valence-electron chi connectivity index (χ4n) is 3.50. The van der Waals surface area contributed by atoms with E-state index in [-0.39, 0.29) is 12.6 Å². The standard InChI is InChI=1S/C21H28N2O2/c1-25-20-9-5-8-18(14-20)21(16-24)22-19-10-12-23(13-11-19)15-17-6-3-2-4-7-17/h2-9,14,19,21-22,24H,10-13,15-16H2,1H3. The van der Waals surface area contributed by atoms with Crippen molar-refractivity contribution in [3.05, 3.63) is 65.7 Å². The summed E-state index contributed by atoms with van der Waals surface area (Å²) in [6, 6.07) is 19.0. The zero-order valence-corrected chi connectivity index (χ0v) is 14.9. The van der Waals surface area contributed by atoms with Crippen molar-refractivity contribution in [1.82, 2.24) is 10.2 Å². The van der Waals surface area contributed by atoms with Gasteiger partial charge in [0.25, 0.3) is 0 Å². The third-order valence-electron chi connectivity index (χ3n) is 4.95. The Bertz CT molecular complexity index is 639. The molecule has 0 bridgehead atoms. The number of aliphatic hydroxyl groups excluding tert-OH is 1. The molecule has 1 aliphatic rings. The quantitative estimate of drug-likeness (QED) is 0.813. The summed E-state index contributed by atoms with van der Waals surface area (Å²) in [5.41, 5.74) is 2.45. The first-order valence-corrected chi connectivity index (χ1v) is 9.05. The first-order chi connectivity index (χ1) is 12.3. The molecule has 0 radical (unpaired) electrons. The lowest BCUT2D eigenvalue weighted by molar-refractivity contribution is 0.167. The van der Waals surface area contributed by atoms with Crippen LogP contribution in [0.15, 0.2) is 54.6 Å². The van der Waals surface area contributed by atoms with E-state index in [0.29, 0.717) is 6.04 Å². The SMILES string of the molecule is COc1cccc(C(CO)NC2CCN(Cc3ccccc3)CC2)c1. The van der Waals surface area contributed by atoms with E-state index in [0.717, 1.165) is 43.8 Å². The number of nitrogens with zero attached hydrogens (tertiary/aromatic N) is 1. The van der Waals surface area contributed by atoms with Crippen molar-refractivity contribution >= 4 is 0 Å². The average Bonchev–Trinajstić information content (AvgIpc) is 2.68. The van der Waals surface area contributed by atoms with Crippen LogP contribution in [0.4, 0.5) is 0 Å². The zero-order valence-electron chi connectivity index (χ0n) is 14.9. The number of aliphatic hydroxyl groups is 1. The highest BCUT2D eigenvalue weighted by Gasteiger charge is 2.22. The van der Waals surface area contributed by atoms with Crippen LogP contribution in [0.3, 0.4) is 0 Å². The van der Waals surface area contributed by atoms with Crippen LogP contribution in [0.1, 0.15) is 30.0 Å². The molecule has 1 unspecified atom stereocenters. The molecule has 0 amide bonds. The first kappa shape index (κ1) is 17.9. The summed E-state index contributed by atoms with van der Waals surface area (Å²) in [6.45, 7) is 3.29. The van der Waals surface area contributed by atoms with Crippen LogP contribution in [0.25, 0.3) is 0 Å². The maximum absolute atomic E-state index is 9.81. The van der Waals surface area contributed by atoms with Crippen molar-refractivity contribution < 1.29 is 9.84 Å². The normalized spacial score (nSPS) is 17.4. The summed E-state index contributed by atoms with van der Waals surface area (Å²) in [6.07, 6.45) is 2.21. The number of benzene rings is 2. The minimum Gasteiger partial charge on any atom is -0.497 e. The molecule has 4 nitrogen and oxygen atoms in total. The molecule has 1 atom stereocenters. The maximum atomic E-state index is 9.81. The summed E-state index contributed by atoms with van der Waals surface area (Å²) in [5.74, 6) is 0.829. The minimum absolute atomic E-state index is 0.0410. The van der Waals surface area contributed by atoms with Crippen molar-refractivity contribution in [2.24, 2.45) is 0 Å². The minimum atomic E-state index is -0.0410. The molecule has 3 rings (SSSR count). The number of hydrogen-bond donors (Lipinski definition) is 2. The molecule has 1 saturated heterocycles. The van der Waals surface area contributed by atoms with Gasteiger partial charge >= 0.3 is 0 Å². The molecule has 1 aliphatic heterocycles. The lowest BCUT2D eigenvalue weighted by atomic mass is 10.0. The summed E-state index contributed by atoms with van der Waals surface area (Å²) in [7, 11) is 1.67. The second-order valence-electron chi connectivity index (χ2n) is 6.71. The Morgan fingerprint density at radius 2 is 1.88 bits per heavy atom. The molecule has 0 aliphatic carbocycles. The molecule has 4 heteroatoms. The molecule has 2 aromatic rings. The van der Waals surface area contributed by atoms with Crippen LogP contribution in [-0.4, -0.2) is 42.9 Å². The number of rotatable bonds is 7. The third kappa shape index (κ3) is 5.05. The number of nitrogens with one attached hydrogen (secondary N) is 1. The van der Waals surface area contributed by atoms with Gasteiger partial charge in [0.1, 0.15) is 5.75 Å². The van der Waals surface area contributed by atoms with Crippen LogP contribution < -0.4 is 10.1 Å². The van der Waals surface area contributed by atoms with E-state index in [2.05, 4.69) is 40.5 Å². The molecule has 1 fully saturated rings. The summed E-state index contributed by atoms with van der Waals surface area (Å²) in [4.78, 5) is 2.51. The van der Waals surface area contributed by atoms with Gasteiger partial charge in [-0.2, -0.15) is 0 Å². The van der Waals surface area contributed by atoms with E-state index in [9.17, 15) is 5.11 Å². The highest BCUT2D eigenvalue weighted by Crippen LogP contribution is 2.22. The molecular formula is C21H28N2O2. The fourth-order valence-corrected chi connectivity index (χ4v) is 3.50. The highest BCUT2D eigenvalue weighted by molar-refractivity contribution is 5.30. The van der Waals surface area contributed by atoms with Crippen molar-refractivity contribution in [1.29, 1.82) is 0 Å². The monoisotopic (exact) mass is 340 g/mol. The number of methoxy groups -OCH3 is 1. The van der Waals surface area contributed by atoms with Crippen LogP contribution in [0.5, 0.6) is 5.75 Å². The van der Waals surface area contributed by atoms with Gasteiger partial charge in [-0.15, -0.1) is 0 Å². The molecule has 0 spiro atoms. The predicted octanol–water partition coefficient (Wildman–Crippen LogP) is 2.98. The van der Waals surface area contributed by atoms with Gasteiger partial charge in [-0.1, -0.05) is 42.5 Å². The average molecular weight is 340 g/mol.